The lowest BCUT2D eigenvalue weighted by atomic mass is 9.99. The molecule has 2 amide bonds. The molecule has 5 heteroatoms. The van der Waals surface area contributed by atoms with Crippen LogP contribution in [0, 0.1) is 0 Å². The summed E-state index contributed by atoms with van der Waals surface area (Å²) in [4.78, 5) is 24.4. The number of anilines is 1. The summed E-state index contributed by atoms with van der Waals surface area (Å²) in [6, 6.07) is 21.5. The molecule has 4 nitrogen and oxygen atoms in total. The molecular weight excluding hydrogens is 336 g/mol. The van der Waals surface area contributed by atoms with Crippen LogP contribution in [0.3, 0.4) is 0 Å². The molecule has 0 bridgehead atoms. The highest BCUT2D eigenvalue weighted by atomic mass is 35.5. The number of halogens is 1. The summed E-state index contributed by atoms with van der Waals surface area (Å²) in [5, 5.41) is 3.12. The third kappa shape index (κ3) is 3.70. The van der Waals surface area contributed by atoms with E-state index in [0.29, 0.717) is 16.3 Å². The highest BCUT2D eigenvalue weighted by Gasteiger charge is 2.16. The first-order valence-electron chi connectivity index (χ1n) is 7.61. The van der Waals surface area contributed by atoms with E-state index in [-0.39, 0.29) is 11.5 Å². The zero-order valence-corrected chi connectivity index (χ0v) is 14.0. The van der Waals surface area contributed by atoms with Gasteiger partial charge in [0.1, 0.15) is 0 Å². The molecule has 0 radical (unpaired) electrons. The lowest BCUT2D eigenvalue weighted by Crippen LogP contribution is -2.18. The smallest absolute Gasteiger partial charge is 0.256 e. The molecule has 0 unspecified atom stereocenters. The number of carbonyl (C=O) groups excluding carboxylic acids is 2. The molecule has 0 aromatic heterocycles. The summed E-state index contributed by atoms with van der Waals surface area (Å²) in [6.45, 7) is 0. The first kappa shape index (κ1) is 16.7. The van der Waals surface area contributed by atoms with Crippen molar-refractivity contribution in [2.75, 3.05) is 5.32 Å². The monoisotopic (exact) mass is 350 g/mol. The van der Waals surface area contributed by atoms with Gasteiger partial charge < -0.3 is 11.1 Å². The molecular formula is C20H15ClN2O2. The van der Waals surface area contributed by atoms with Crippen LogP contribution in [0.15, 0.2) is 72.8 Å². The fourth-order valence-electron chi connectivity index (χ4n) is 2.57. The molecule has 0 aliphatic carbocycles. The Labute approximate surface area is 150 Å². The number of nitrogens with one attached hydrogen (secondary N) is 1. The van der Waals surface area contributed by atoms with Crippen LogP contribution in [0.5, 0.6) is 0 Å². The zero-order valence-electron chi connectivity index (χ0n) is 13.2. The first-order chi connectivity index (χ1) is 12.1. The summed E-state index contributed by atoms with van der Waals surface area (Å²) in [6.07, 6.45) is 0. The summed E-state index contributed by atoms with van der Waals surface area (Å²) < 4.78 is 0. The minimum atomic E-state index is -0.658. The molecule has 3 aromatic rings. The molecule has 0 aliphatic rings. The average molecular weight is 351 g/mol. The molecule has 0 saturated carbocycles. The van der Waals surface area contributed by atoms with Crippen molar-refractivity contribution >= 4 is 29.1 Å². The Balaban J connectivity index is 1.97. The highest BCUT2D eigenvalue weighted by molar-refractivity contribution is 6.31. The number of hydrogen-bond acceptors (Lipinski definition) is 2. The van der Waals surface area contributed by atoms with Crippen molar-refractivity contribution < 1.29 is 9.59 Å². The Morgan fingerprint density at radius 2 is 1.52 bits per heavy atom. The van der Waals surface area contributed by atoms with Crippen LogP contribution >= 0.6 is 11.6 Å². The number of nitrogens with two attached hydrogens (primary N) is 1. The van der Waals surface area contributed by atoms with E-state index in [2.05, 4.69) is 5.32 Å². The normalized spacial score (nSPS) is 10.3. The van der Waals surface area contributed by atoms with Crippen molar-refractivity contribution in [3.63, 3.8) is 0 Å². The van der Waals surface area contributed by atoms with Gasteiger partial charge in [0.25, 0.3) is 11.8 Å². The molecule has 0 fully saturated rings. The molecule has 124 valence electrons. The van der Waals surface area contributed by atoms with E-state index >= 15 is 0 Å². The number of benzene rings is 3. The minimum Gasteiger partial charge on any atom is -0.366 e. The molecule has 0 atom stereocenters. The van der Waals surface area contributed by atoms with Crippen molar-refractivity contribution in [1.29, 1.82) is 0 Å². The van der Waals surface area contributed by atoms with Gasteiger partial charge in [-0.25, -0.2) is 0 Å². The number of rotatable bonds is 4. The Hall–Kier alpha value is -3.11. The molecule has 3 N–H and O–H groups in total. The van der Waals surface area contributed by atoms with E-state index in [1.807, 2.05) is 42.5 Å². The molecule has 0 spiro atoms. The van der Waals surface area contributed by atoms with E-state index in [0.717, 1.165) is 11.1 Å². The Morgan fingerprint density at radius 1 is 0.840 bits per heavy atom. The van der Waals surface area contributed by atoms with Gasteiger partial charge in [-0.05, 0) is 35.4 Å². The maximum absolute atomic E-state index is 12.8. The zero-order chi connectivity index (χ0) is 17.8. The second-order valence-corrected chi connectivity index (χ2v) is 5.86. The van der Waals surface area contributed by atoms with Crippen LogP contribution in [-0.4, -0.2) is 11.8 Å². The predicted octanol–water partition coefficient (Wildman–Crippen LogP) is 4.36. The average Bonchev–Trinajstić information content (AvgIpc) is 2.63. The van der Waals surface area contributed by atoms with E-state index in [4.69, 9.17) is 17.3 Å². The third-order valence-electron chi connectivity index (χ3n) is 3.75. The van der Waals surface area contributed by atoms with Gasteiger partial charge in [-0.15, -0.1) is 0 Å². The second-order valence-electron chi connectivity index (χ2n) is 5.42. The molecule has 0 aliphatic heterocycles. The van der Waals surface area contributed by atoms with Gasteiger partial charge in [0.15, 0.2) is 0 Å². The Morgan fingerprint density at radius 3 is 2.24 bits per heavy atom. The molecule has 25 heavy (non-hydrogen) atoms. The third-order valence-corrected chi connectivity index (χ3v) is 3.99. The largest absolute Gasteiger partial charge is 0.366 e. The van der Waals surface area contributed by atoms with Gasteiger partial charge in [0, 0.05) is 10.6 Å². The van der Waals surface area contributed by atoms with Crippen LogP contribution in [0.2, 0.25) is 5.02 Å². The fraction of sp³-hybridized carbons (Fsp3) is 0. The van der Waals surface area contributed by atoms with Crippen molar-refractivity contribution in [2.45, 2.75) is 0 Å². The fourth-order valence-corrected chi connectivity index (χ4v) is 2.74. The van der Waals surface area contributed by atoms with Gasteiger partial charge in [-0.3, -0.25) is 9.59 Å². The number of carbonyl (C=O) groups is 2. The first-order valence-corrected chi connectivity index (χ1v) is 7.99. The topological polar surface area (TPSA) is 72.2 Å². The van der Waals surface area contributed by atoms with Crippen LogP contribution in [0.25, 0.3) is 11.1 Å². The molecule has 3 rings (SSSR count). The molecule has 0 saturated heterocycles. The highest BCUT2D eigenvalue weighted by Crippen LogP contribution is 2.26. The van der Waals surface area contributed by atoms with Crippen LogP contribution in [0.1, 0.15) is 20.7 Å². The van der Waals surface area contributed by atoms with Gasteiger partial charge in [-0.1, -0.05) is 60.1 Å². The van der Waals surface area contributed by atoms with Crippen molar-refractivity contribution in [2.24, 2.45) is 5.73 Å². The number of hydrogen-bond donors (Lipinski definition) is 2. The SMILES string of the molecule is NC(=O)c1cc(Cl)ccc1NC(=O)c1ccccc1-c1ccccc1. The van der Waals surface area contributed by atoms with Crippen LogP contribution in [0.4, 0.5) is 5.69 Å². The molecule has 0 heterocycles. The van der Waals surface area contributed by atoms with Gasteiger partial charge in [0.2, 0.25) is 0 Å². The quantitative estimate of drug-likeness (QED) is 0.733. The maximum Gasteiger partial charge on any atom is 0.256 e. The summed E-state index contributed by atoms with van der Waals surface area (Å²) in [5.74, 6) is -0.988. The minimum absolute atomic E-state index is 0.165. The Kier molecular flexibility index (Phi) is 4.82. The van der Waals surface area contributed by atoms with Gasteiger partial charge in [-0.2, -0.15) is 0 Å². The van der Waals surface area contributed by atoms with Crippen LogP contribution in [-0.2, 0) is 0 Å². The van der Waals surface area contributed by atoms with Gasteiger partial charge in [0.05, 0.1) is 11.3 Å². The number of primary amides is 1. The predicted molar refractivity (Wildman–Crippen MR) is 99.8 cm³/mol. The van der Waals surface area contributed by atoms with E-state index < -0.39 is 5.91 Å². The Bertz CT molecular complexity index is 939. The standard InChI is InChI=1S/C20H15ClN2O2/c21-14-10-11-18(17(12-14)19(22)24)23-20(25)16-9-5-4-8-15(16)13-6-2-1-3-7-13/h1-12H,(H2,22,24)(H,23,25). The van der Waals surface area contributed by atoms with Gasteiger partial charge >= 0.3 is 0 Å². The number of amides is 2. The molecule has 3 aromatic carbocycles. The van der Waals surface area contributed by atoms with Crippen molar-refractivity contribution in [1.82, 2.24) is 0 Å². The second kappa shape index (κ2) is 7.20. The van der Waals surface area contributed by atoms with Crippen molar-refractivity contribution in [3.05, 3.63) is 88.9 Å². The van der Waals surface area contributed by atoms with E-state index in [1.165, 1.54) is 6.07 Å². The summed E-state index contributed by atoms with van der Waals surface area (Å²) in [5.41, 5.74) is 8.09. The van der Waals surface area contributed by atoms with Crippen LogP contribution < -0.4 is 11.1 Å². The van der Waals surface area contributed by atoms with Crippen molar-refractivity contribution in [3.8, 4) is 11.1 Å². The van der Waals surface area contributed by atoms with E-state index in [9.17, 15) is 9.59 Å². The lowest BCUT2D eigenvalue weighted by Gasteiger charge is -2.12. The summed E-state index contributed by atoms with van der Waals surface area (Å²) >= 11 is 5.90. The summed E-state index contributed by atoms with van der Waals surface area (Å²) in [7, 11) is 0. The lowest BCUT2D eigenvalue weighted by molar-refractivity contribution is 0.100. The van der Waals surface area contributed by atoms with E-state index in [1.54, 1.807) is 24.3 Å². The maximum atomic E-state index is 12.8.